The zero-order valence-corrected chi connectivity index (χ0v) is 27.4. The van der Waals surface area contributed by atoms with Gasteiger partial charge in [-0.1, -0.05) is 84.9 Å². The molecule has 5 nitrogen and oxygen atoms in total. The molecule has 1 aromatic heterocycles. The quantitative estimate of drug-likeness (QED) is 0.179. The molecule has 238 valence electrons. The van der Waals surface area contributed by atoms with Crippen molar-refractivity contribution in [3.05, 3.63) is 181 Å². The Morgan fingerprint density at radius 1 is 0.392 bits per heavy atom. The van der Waals surface area contributed by atoms with Crippen LogP contribution >= 0.6 is 0 Å². The molecule has 0 N–H and O–H groups in total. The Morgan fingerprint density at radius 2 is 0.804 bits per heavy atom. The van der Waals surface area contributed by atoms with Crippen LogP contribution in [0.3, 0.4) is 0 Å². The van der Waals surface area contributed by atoms with Crippen LogP contribution in [0.1, 0.15) is 11.1 Å². The van der Waals surface area contributed by atoms with Crippen LogP contribution in [0.15, 0.2) is 174 Å². The number of anilines is 6. The first-order valence-electron chi connectivity index (χ1n) is 16.7. The number of furan rings is 1. The van der Waals surface area contributed by atoms with Crippen LogP contribution in [0.4, 0.5) is 34.1 Å². The van der Waals surface area contributed by atoms with E-state index in [4.69, 9.17) is 4.42 Å². The molecule has 0 saturated heterocycles. The lowest BCUT2D eigenvalue weighted by Gasteiger charge is -2.27. The maximum atomic E-state index is 9.54. The standard InChI is InChI=1S/C46H28N4O/c47-29-31-19-23-35(24-20-31)49(33-11-3-1-4-12-33)42-27-41-45-39-17-9-7-15-37(39)43(28-44(45)51-46(41)40-18-10-8-16-38(40)42)50(34-13-5-2-6-14-34)36-25-21-32(30-48)22-26-36/h1-28H. The van der Waals surface area contributed by atoms with Gasteiger partial charge in [0.25, 0.3) is 0 Å². The van der Waals surface area contributed by atoms with E-state index in [9.17, 15) is 10.5 Å². The van der Waals surface area contributed by atoms with E-state index < -0.39 is 0 Å². The number of hydrogen-bond donors (Lipinski definition) is 0. The van der Waals surface area contributed by atoms with Gasteiger partial charge in [0.2, 0.25) is 0 Å². The van der Waals surface area contributed by atoms with E-state index in [0.29, 0.717) is 11.1 Å². The number of benzene rings is 8. The molecule has 0 aliphatic heterocycles. The van der Waals surface area contributed by atoms with Crippen LogP contribution in [-0.2, 0) is 0 Å². The van der Waals surface area contributed by atoms with Crippen molar-refractivity contribution in [1.29, 1.82) is 10.5 Å². The lowest BCUT2D eigenvalue weighted by atomic mass is 9.98. The Hall–Kier alpha value is -7.34. The smallest absolute Gasteiger partial charge is 0.143 e. The molecule has 0 spiro atoms. The highest BCUT2D eigenvalue weighted by atomic mass is 16.3. The number of nitriles is 2. The minimum Gasteiger partial charge on any atom is -0.455 e. The van der Waals surface area contributed by atoms with Crippen molar-refractivity contribution in [3.8, 4) is 12.1 Å². The van der Waals surface area contributed by atoms with E-state index in [-0.39, 0.29) is 0 Å². The van der Waals surface area contributed by atoms with E-state index in [0.717, 1.165) is 77.6 Å². The van der Waals surface area contributed by atoms with Crippen LogP contribution in [0.2, 0.25) is 0 Å². The molecule has 0 aliphatic carbocycles. The second-order valence-electron chi connectivity index (χ2n) is 12.4. The number of nitrogens with zero attached hydrogens (tertiary/aromatic N) is 4. The van der Waals surface area contributed by atoms with Crippen molar-refractivity contribution in [2.45, 2.75) is 0 Å². The van der Waals surface area contributed by atoms with Crippen LogP contribution in [-0.4, -0.2) is 0 Å². The maximum absolute atomic E-state index is 9.54. The summed E-state index contributed by atoms with van der Waals surface area (Å²) < 4.78 is 6.93. The van der Waals surface area contributed by atoms with Gasteiger partial charge in [-0.15, -0.1) is 0 Å². The summed E-state index contributed by atoms with van der Waals surface area (Å²) in [6, 6.07) is 61.8. The second kappa shape index (κ2) is 12.3. The average molecular weight is 653 g/mol. The highest BCUT2D eigenvalue weighted by molar-refractivity contribution is 6.27. The van der Waals surface area contributed by atoms with Gasteiger partial charge in [0.15, 0.2) is 0 Å². The molecule has 8 aromatic carbocycles. The molecule has 0 radical (unpaired) electrons. The van der Waals surface area contributed by atoms with Gasteiger partial charge < -0.3 is 14.2 Å². The molecule has 1 heterocycles. The summed E-state index contributed by atoms with van der Waals surface area (Å²) in [7, 11) is 0. The van der Waals surface area contributed by atoms with Crippen molar-refractivity contribution in [3.63, 3.8) is 0 Å². The molecule has 0 amide bonds. The number of hydrogen-bond acceptors (Lipinski definition) is 5. The largest absolute Gasteiger partial charge is 0.455 e. The van der Waals surface area contributed by atoms with Crippen molar-refractivity contribution >= 4 is 77.6 Å². The predicted octanol–water partition coefficient (Wildman–Crippen LogP) is 12.6. The monoisotopic (exact) mass is 652 g/mol. The van der Waals surface area contributed by atoms with Gasteiger partial charge >= 0.3 is 0 Å². The van der Waals surface area contributed by atoms with Crippen molar-refractivity contribution in [2.75, 3.05) is 9.80 Å². The summed E-state index contributed by atoms with van der Waals surface area (Å²) in [5.74, 6) is 0. The van der Waals surface area contributed by atoms with Gasteiger partial charge in [0.05, 0.1) is 34.6 Å². The summed E-state index contributed by atoms with van der Waals surface area (Å²) in [5, 5.41) is 25.3. The maximum Gasteiger partial charge on any atom is 0.143 e. The van der Waals surface area contributed by atoms with Gasteiger partial charge in [0, 0.05) is 55.7 Å². The van der Waals surface area contributed by atoms with E-state index in [2.05, 4.69) is 107 Å². The molecule has 9 aromatic rings. The zero-order chi connectivity index (χ0) is 34.3. The fraction of sp³-hybridized carbons (Fsp3) is 0. The number of fused-ring (bicyclic) bond motifs is 7. The predicted molar refractivity (Wildman–Crippen MR) is 208 cm³/mol. The normalized spacial score (nSPS) is 11.1. The average Bonchev–Trinajstić information content (AvgIpc) is 3.58. The van der Waals surface area contributed by atoms with Gasteiger partial charge in [-0.2, -0.15) is 10.5 Å². The Labute approximate surface area is 294 Å². The van der Waals surface area contributed by atoms with E-state index in [1.807, 2.05) is 84.9 Å². The Kier molecular flexibility index (Phi) is 7.17. The molecule has 0 bridgehead atoms. The molecule has 0 atom stereocenters. The minimum atomic E-state index is 0.609. The first-order chi connectivity index (χ1) is 25.2. The van der Waals surface area contributed by atoms with E-state index in [1.54, 1.807) is 0 Å². The summed E-state index contributed by atoms with van der Waals surface area (Å²) in [6.07, 6.45) is 0. The third-order valence-corrected chi connectivity index (χ3v) is 9.46. The molecular formula is C46H28N4O. The second-order valence-corrected chi connectivity index (χ2v) is 12.4. The minimum absolute atomic E-state index is 0.609. The van der Waals surface area contributed by atoms with Crippen molar-refractivity contribution in [2.24, 2.45) is 0 Å². The summed E-state index contributed by atoms with van der Waals surface area (Å²) in [4.78, 5) is 4.47. The molecule has 9 rings (SSSR count). The number of para-hydroxylation sites is 2. The first-order valence-corrected chi connectivity index (χ1v) is 16.7. The Balaban J connectivity index is 1.36. The highest BCUT2D eigenvalue weighted by Gasteiger charge is 2.24. The van der Waals surface area contributed by atoms with E-state index in [1.165, 1.54) is 0 Å². The van der Waals surface area contributed by atoms with Crippen molar-refractivity contribution in [1.82, 2.24) is 0 Å². The molecule has 51 heavy (non-hydrogen) atoms. The topological polar surface area (TPSA) is 67.2 Å². The Bertz CT molecular complexity index is 2810. The summed E-state index contributed by atoms with van der Waals surface area (Å²) in [6.45, 7) is 0. The molecule has 0 aliphatic rings. The van der Waals surface area contributed by atoms with Crippen molar-refractivity contribution < 1.29 is 4.42 Å². The zero-order valence-electron chi connectivity index (χ0n) is 27.4. The molecule has 0 fully saturated rings. The van der Waals surface area contributed by atoms with Crippen LogP contribution in [0, 0.1) is 22.7 Å². The molecule has 5 heteroatoms. The van der Waals surface area contributed by atoms with E-state index >= 15 is 0 Å². The number of rotatable bonds is 6. The first kappa shape index (κ1) is 29.8. The molecular weight excluding hydrogens is 625 g/mol. The van der Waals surface area contributed by atoms with Crippen LogP contribution < -0.4 is 9.80 Å². The SMILES string of the molecule is N#Cc1ccc(N(c2ccccc2)c2cc3c(oc4cc(N(c5ccccc5)c5ccc(C#N)cc5)c5ccccc5c43)c3ccccc23)cc1. The highest BCUT2D eigenvalue weighted by Crippen LogP contribution is 2.48. The fourth-order valence-electron chi connectivity index (χ4n) is 7.17. The van der Waals surface area contributed by atoms with Gasteiger partial charge in [-0.3, -0.25) is 0 Å². The molecule has 0 unspecified atom stereocenters. The Morgan fingerprint density at radius 3 is 1.31 bits per heavy atom. The van der Waals surface area contributed by atoms with Gasteiger partial charge in [-0.25, -0.2) is 0 Å². The lowest BCUT2D eigenvalue weighted by molar-refractivity contribution is 0.673. The lowest BCUT2D eigenvalue weighted by Crippen LogP contribution is -2.10. The summed E-state index contributed by atoms with van der Waals surface area (Å²) in [5.41, 5.74) is 8.70. The third kappa shape index (κ3) is 5.01. The van der Waals surface area contributed by atoms with Crippen LogP contribution in [0.5, 0.6) is 0 Å². The third-order valence-electron chi connectivity index (χ3n) is 9.46. The summed E-state index contributed by atoms with van der Waals surface area (Å²) >= 11 is 0. The van der Waals surface area contributed by atoms with Gasteiger partial charge in [0.1, 0.15) is 11.2 Å². The van der Waals surface area contributed by atoms with Crippen LogP contribution in [0.25, 0.3) is 43.5 Å². The fourth-order valence-corrected chi connectivity index (χ4v) is 7.17. The van der Waals surface area contributed by atoms with Gasteiger partial charge in [-0.05, 0) is 84.2 Å². The molecule has 0 saturated carbocycles.